The van der Waals surface area contributed by atoms with Gasteiger partial charge in [0.25, 0.3) is 0 Å². The van der Waals surface area contributed by atoms with Crippen molar-refractivity contribution in [2.75, 3.05) is 6.54 Å². The number of hydrogen-bond acceptors (Lipinski definition) is 4. The molecular formula is C17H17N3O3. The molecule has 23 heavy (non-hydrogen) atoms. The standard InChI is InChI=1S/C17H17N3O3/c21-16(19-10-7-13-4-3-9-18-12-13)8-11-20-14-5-1-2-6-15(14)23-17(20)22/h1-6,9,12H,7-8,10-11H2,(H,19,21). The number of aryl methyl sites for hydroxylation is 1. The zero-order chi connectivity index (χ0) is 16.1. The van der Waals surface area contributed by atoms with Crippen LogP contribution >= 0.6 is 0 Å². The molecule has 0 bridgehead atoms. The number of pyridine rings is 1. The Bertz CT molecular complexity index is 852. The first kappa shape index (κ1) is 15.0. The minimum atomic E-state index is -0.436. The summed E-state index contributed by atoms with van der Waals surface area (Å²) in [5, 5.41) is 2.85. The van der Waals surface area contributed by atoms with Crippen molar-refractivity contribution in [2.45, 2.75) is 19.4 Å². The van der Waals surface area contributed by atoms with Crippen LogP contribution in [0.1, 0.15) is 12.0 Å². The molecule has 0 aliphatic heterocycles. The zero-order valence-corrected chi connectivity index (χ0v) is 12.6. The zero-order valence-electron chi connectivity index (χ0n) is 12.6. The van der Waals surface area contributed by atoms with Gasteiger partial charge >= 0.3 is 5.76 Å². The summed E-state index contributed by atoms with van der Waals surface area (Å²) in [6.07, 6.45) is 4.46. The Hall–Kier alpha value is -2.89. The SMILES string of the molecule is O=C(CCn1c(=O)oc2ccccc21)NCCc1cccnc1. The fraction of sp³-hybridized carbons (Fsp3) is 0.235. The highest BCUT2D eigenvalue weighted by Crippen LogP contribution is 2.11. The summed E-state index contributed by atoms with van der Waals surface area (Å²) in [6, 6.07) is 11.0. The van der Waals surface area contributed by atoms with Gasteiger partial charge in [0.2, 0.25) is 5.91 Å². The van der Waals surface area contributed by atoms with Gasteiger partial charge in [0, 0.05) is 31.9 Å². The fourth-order valence-corrected chi connectivity index (χ4v) is 2.42. The predicted molar refractivity (Wildman–Crippen MR) is 86.0 cm³/mol. The Balaban J connectivity index is 1.52. The van der Waals surface area contributed by atoms with Crippen LogP contribution < -0.4 is 11.1 Å². The lowest BCUT2D eigenvalue weighted by Crippen LogP contribution is -2.27. The van der Waals surface area contributed by atoms with E-state index in [-0.39, 0.29) is 12.3 Å². The Morgan fingerprint density at radius 1 is 1.22 bits per heavy atom. The molecule has 0 saturated heterocycles. The number of aromatic nitrogens is 2. The van der Waals surface area contributed by atoms with Crippen LogP contribution in [0.25, 0.3) is 11.1 Å². The lowest BCUT2D eigenvalue weighted by atomic mass is 10.2. The smallest absolute Gasteiger partial charge is 0.408 e. The largest absolute Gasteiger partial charge is 0.419 e. The molecule has 0 unspecified atom stereocenters. The molecular weight excluding hydrogens is 294 g/mol. The van der Waals surface area contributed by atoms with Crippen LogP contribution in [0.4, 0.5) is 0 Å². The van der Waals surface area contributed by atoms with Crippen LogP contribution in [0.5, 0.6) is 0 Å². The Morgan fingerprint density at radius 3 is 2.91 bits per heavy atom. The maximum absolute atomic E-state index is 11.9. The third-order valence-corrected chi connectivity index (χ3v) is 3.59. The summed E-state index contributed by atoms with van der Waals surface area (Å²) in [5.74, 6) is -0.527. The second-order valence-corrected chi connectivity index (χ2v) is 5.20. The highest BCUT2D eigenvalue weighted by molar-refractivity contribution is 5.76. The van der Waals surface area contributed by atoms with Crippen molar-refractivity contribution >= 4 is 17.0 Å². The summed E-state index contributed by atoms with van der Waals surface area (Å²) >= 11 is 0. The predicted octanol–water partition coefficient (Wildman–Crippen LogP) is 1.74. The van der Waals surface area contributed by atoms with Gasteiger partial charge in [0.05, 0.1) is 5.52 Å². The van der Waals surface area contributed by atoms with E-state index in [9.17, 15) is 9.59 Å². The fourth-order valence-electron chi connectivity index (χ4n) is 2.42. The summed E-state index contributed by atoms with van der Waals surface area (Å²) < 4.78 is 6.62. The van der Waals surface area contributed by atoms with Gasteiger partial charge in [-0.1, -0.05) is 18.2 Å². The number of carbonyl (C=O) groups is 1. The van der Waals surface area contributed by atoms with Gasteiger partial charge in [-0.2, -0.15) is 0 Å². The monoisotopic (exact) mass is 311 g/mol. The van der Waals surface area contributed by atoms with E-state index in [0.717, 1.165) is 12.0 Å². The van der Waals surface area contributed by atoms with Gasteiger partial charge < -0.3 is 9.73 Å². The van der Waals surface area contributed by atoms with Gasteiger partial charge in [0.15, 0.2) is 5.58 Å². The van der Waals surface area contributed by atoms with Crippen LogP contribution in [0, 0.1) is 0 Å². The molecule has 6 nitrogen and oxygen atoms in total. The summed E-state index contributed by atoms with van der Waals surface area (Å²) in [4.78, 5) is 27.7. The lowest BCUT2D eigenvalue weighted by molar-refractivity contribution is -0.121. The lowest BCUT2D eigenvalue weighted by Gasteiger charge is -2.05. The third-order valence-electron chi connectivity index (χ3n) is 3.59. The van der Waals surface area contributed by atoms with Crippen molar-refractivity contribution in [3.05, 3.63) is 64.9 Å². The molecule has 0 fully saturated rings. The second kappa shape index (κ2) is 6.91. The first-order valence-corrected chi connectivity index (χ1v) is 7.48. The van der Waals surface area contributed by atoms with Crippen molar-refractivity contribution < 1.29 is 9.21 Å². The van der Waals surface area contributed by atoms with Gasteiger partial charge in [0.1, 0.15) is 0 Å². The molecule has 0 aliphatic rings. The number of hydrogen-bond donors (Lipinski definition) is 1. The molecule has 0 atom stereocenters. The van der Waals surface area contributed by atoms with E-state index in [1.165, 1.54) is 4.57 Å². The van der Waals surface area contributed by atoms with Crippen molar-refractivity contribution in [2.24, 2.45) is 0 Å². The van der Waals surface area contributed by atoms with Crippen LogP contribution in [-0.2, 0) is 17.8 Å². The van der Waals surface area contributed by atoms with E-state index in [1.54, 1.807) is 30.6 Å². The van der Waals surface area contributed by atoms with E-state index < -0.39 is 5.76 Å². The summed E-state index contributed by atoms with van der Waals surface area (Å²) in [7, 11) is 0. The average molecular weight is 311 g/mol. The number of nitrogens with one attached hydrogen (secondary N) is 1. The number of para-hydroxylation sites is 2. The number of oxazole rings is 1. The number of rotatable bonds is 6. The first-order chi connectivity index (χ1) is 11.2. The van der Waals surface area contributed by atoms with Crippen LogP contribution in [0.15, 0.2) is 58.0 Å². The maximum atomic E-state index is 11.9. The minimum absolute atomic E-state index is 0.0916. The molecule has 118 valence electrons. The van der Waals surface area contributed by atoms with Crippen molar-refractivity contribution in [3.8, 4) is 0 Å². The Kier molecular flexibility index (Phi) is 4.52. The van der Waals surface area contributed by atoms with Crippen molar-refractivity contribution in [1.82, 2.24) is 14.9 Å². The molecule has 1 amide bonds. The topological polar surface area (TPSA) is 77.1 Å². The van der Waals surface area contributed by atoms with E-state index in [4.69, 9.17) is 4.42 Å². The summed E-state index contributed by atoms with van der Waals surface area (Å²) in [6.45, 7) is 0.847. The van der Waals surface area contributed by atoms with Gasteiger partial charge in [-0.25, -0.2) is 4.79 Å². The highest BCUT2D eigenvalue weighted by atomic mass is 16.4. The molecule has 0 radical (unpaired) electrons. The van der Waals surface area contributed by atoms with Crippen molar-refractivity contribution in [1.29, 1.82) is 0 Å². The normalized spacial score (nSPS) is 10.8. The van der Waals surface area contributed by atoms with Gasteiger partial charge in [-0.05, 0) is 30.2 Å². The molecule has 0 aliphatic carbocycles. The number of nitrogens with zero attached hydrogens (tertiary/aromatic N) is 2. The molecule has 1 N–H and O–H groups in total. The molecule has 6 heteroatoms. The van der Waals surface area contributed by atoms with E-state index in [1.807, 2.05) is 18.2 Å². The van der Waals surface area contributed by atoms with Crippen molar-refractivity contribution in [3.63, 3.8) is 0 Å². The number of fused-ring (bicyclic) bond motifs is 1. The van der Waals surface area contributed by atoms with Crippen LogP contribution in [-0.4, -0.2) is 22.0 Å². The molecule has 2 aromatic heterocycles. The molecule has 1 aromatic carbocycles. The molecule has 0 saturated carbocycles. The number of carbonyl (C=O) groups excluding carboxylic acids is 1. The molecule has 0 spiro atoms. The maximum Gasteiger partial charge on any atom is 0.419 e. The molecule has 3 aromatic rings. The Labute approximate surface area is 132 Å². The van der Waals surface area contributed by atoms with E-state index >= 15 is 0 Å². The highest BCUT2D eigenvalue weighted by Gasteiger charge is 2.10. The minimum Gasteiger partial charge on any atom is -0.408 e. The number of amides is 1. The first-order valence-electron chi connectivity index (χ1n) is 7.48. The third kappa shape index (κ3) is 3.66. The van der Waals surface area contributed by atoms with Gasteiger partial charge in [-0.15, -0.1) is 0 Å². The average Bonchev–Trinajstić information content (AvgIpc) is 2.89. The summed E-state index contributed by atoms with van der Waals surface area (Å²) in [5.41, 5.74) is 2.32. The quantitative estimate of drug-likeness (QED) is 0.752. The van der Waals surface area contributed by atoms with Gasteiger partial charge in [-0.3, -0.25) is 14.3 Å². The molecule has 2 heterocycles. The number of benzene rings is 1. The van der Waals surface area contributed by atoms with E-state index in [0.29, 0.717) is 24.2 Å². The Morgan fingerprint density at radius 2 is 2.09 bits per heavy atom. The van der Waals surface area contributed by atoms with Crippen LogP contribution in [0.2, 0.25) is 0 Å². The van der Waals surface area contributed by atoms with E-state index in [2.05, 4.69) is 10.3 Å². The van der Waals surface area contributed by atoms with Crippen LogP contribution in [0.3, 0.4) is 0 Å². The second-order valence-electron chi connectivity index (χ2n) is 5.20. The molecule has 3 rings (SSSR count).